The van der Waals surface area contributed by atoms with E-state index >= 15 is 0 Å². The molecule has 12 aromatic rings. The monoisotopic (exact) mass is 690 g/mol. The predicted molar refractivity (Wildman–Crippen MR) is 218 cm³/mol. The Morgan fingerprint density at radius 2 is 0.907 bits per heavy atom. The van der Waals surface area contributed by atoms with Crippen molar-refractivity contribution in [2.24, 2.45) is 0 Å². The number of nitriles is 1. The van der Waals surface area contributed by atoms with Gasteiger partial charge in [0.05, 0.1) is 68.2 Å². The highest BCUT2D eigenvalue weighted by Crippen LogP contribution is 2.46. The van der Waals surface area contributed by atoms with E-state index in [0.717, 1.165) is 110 Å². The summed E-state index contributed by atoms with van der Waals surface area (Å²) in [6.07, 6.45) is 3.91. The van der Waals surface area contributed by atoms with Crippen molar-refractivity contribution in [1.29, 1.82) is 5.26 Å². The molecule has 0 aliphatic heterocycles. The lowest BCUT2D eigenvalue weighted by molar-refractivity contribution is 0.672. The van der Waals surface area contributed by atoms with Gasteiger partial charge in [-0.25, -0.2) is 0 Å². The van der Waals surface area contributed by atoms with E-state index in [-0.39, 0.29) is 0 Å². The smallest absolute Gasteiger partial charge is 0.145 e. The number of hydrogen-bond donors (Lipinski definition) is 0. The van der Waals surface area contributed by atoms with Crippen LogP contribution in [-0.4, -0.2) is 14.1 Å². The minimum atomic E-state index is 0.601. The van der Waals surface area contributed by atoms with Gasteiger partial charge >= 0.3 is 0 Å². The van der Waals surface area contributed by atoms with Crippen molar-refractivity contribution in [2.75, 3.05) is 0 Å². The van der Waals surface area contributed by atoms with Gasteiger partial charge in [-0.15, -0.1) is 0 Å². The van der Waals surface area contributed by atoms with Crippen molar-refractivity contribution in [1.82, 2.24) is 14.1 Å². The molecule has 0 saturated carbocycles. The molecule has 0 atom stereocenters. The molecule has 250 valence electrons. The Balaban J connectivity index is 1.24. The Labute approximate surface area is 306 Å². The molecule has 0 spiro atoms. The van der Waals surface area contributed by atoms with Crippen LogP contribution >= 0.6 is 0 Å². The van der Waals surface area contributed by atoms with E-state index in [1.807, 2.05) is 60.9 Å². The maximum atomic E-state index is 9.77. The molecule has 0 fully saturated rings. The van der Waals surface area contributed by atoms with Crippen molar-refractivity contribution in [3.63, 3.8) is 0 Å². The number of aromatic nitrogens is 3. The molecule has 0 unspecified atom stereocenters. The zero-order valence-electron chi connectivity index (χ0n) is 28.6. The van der Waals surface area contributed by atoms with Gasteiger partial charge in [-0.3, -0.25) is 4.98 Å². The van der Waals surface area contributed by atoms with Crippen LogP contribution in [0.15, 0.2) is 167 Å². The van der Waals surface area contributed by atoms with Crippen LogP contribution in [-0.2, 0) is 0 Å². The maximum absolute atomic E-state index is 9.77. The summed E-state index contributed by atoms with van der Waals surface area (Å²) in [6, 6.07) is 52.3. The summed E-state index contributed by atoms with van der Waals surface area (Å²) in [5, 5.41) is 18.4. The lowest BCUT2D eigenvalue weighted by atomic mass is 10.0. The third kappa shape index (κ3) is 3.79. The van der Waals surface area contributed by atoms with Crippen molar-refractivity contribution in [3.8, 4) is 28.6 Å². The first-order valence-electron chi connectivity index (χ1n) is 17.9. The second kappa shape index (κ2) is 10.7. The van der Waals surface area contributed by atoms with Crippen LogP contribution in [0, 0.1) is 11.3 Å². The summed E-state index contributed by atoms with van der Waals surface area (Å²) < 4.78 is 17.9. The number of hydrogen-bond acceptors (Lipinski definition) is 4. The average Bonchev–Trinajstić information content (AvgIpc) is 3.98. The molecule has 0 N–H and O–H groups in total. The van der Waals surface area contributed by atoms with E-state index in [9.17, 15) is 5.26 Å². The molecule has 0 radical (unpaired) electrons. The van der Waals surface area contributed by atoms with Gasteiger partial charge in [0.2, 0.25) is 0 Å². The Morgan fingerprint density at radius 3 is 1.41 bits per heavy atom. The molecule has 0 amide bonds. The fourth-order valence-corrected chi connectivity index (χ4v) is 8.77. The van der Waals surface area contributed by atoms with Crippen LogP contribution < -0.4 is 0 Å². The second-order valence-electron chi connectivity index (χ2n) is 13.8. The van der Waals surface area contributed by atoms with Crippen molar-refractivity contribution >= 4 is 87.5 Å². The number of nitrogens with zero attached hydrogens (tertiary/aromatic N) is 4. The molecular weight excluding hydrogens is 665 g/mol. The molecule has 0 aliphatic carbocycles. The highest BCUT2D eigenvalue weighted by molar-refractivity contribution is 6.25. The molecule has 0 aliphatic rings. The van der Waals surface area contributed by atoms with E-state index in [2.05, 4.69) is 112 Å². The summed E-state index contributed by atoms with van der Waals surface area (Å²) in [7, 11) is 0. The van der Waals surface area contributed by atoms with E-state index < -0.39 is 0 Å². The summed E-state index contributed by atoms with van der Waals surface area (Å²) >= 11 is 0. The Morgan fingerprint density at radius 1 is 0.444 bits per heavy atom. The third-order valence-corrected chi connectivity index (χ3v) is 11.1. The number of pyridine rings is 1. The molecule has 0 bridgehead atoms. The number of fused-ring (bicyclic) bond motifs is 14. The lowest BCUT2D eigenvalue weighted by Crippen LogP contribution is -2.05. The van der Waals surface area contributed by atoms with Crippen LogP contribution in [0.2, 0.25) is 0 Å². The van der Waals surface area contributed by atoms with Gasteiger partial charge in [-0.1, -0.05) is 84.9 Å². The van der Waals surface area contributed by atoms with Gasteiger partial charge in [0.15, 0.2) is 0 Å². The number of furan rings is 2. The second-order valence-corrected chi connectivity index (χ2v) is 13.8. The number of rotatable bonds is 3. The quantitative estimate of drug-likeness (QED) is 0.185. The maximum Gasteiger partial charge on any atom is 0.145 e. The van der Waals surface area contributed by atoms with E-state index in [0.29, 0.717) is 5.56 Å². The van der Waals surface area contributed by atoms with Crippen LogP contribution in [0.1, 0.15) is 5.56 Å². The fourth-order valence-electron chi connectivity index (χ4n) is 8.77. The third-order valence-electron chi connectivity index (χ3n) is 11.1. The fraction of sp³-hybridized carbons (Fsp3) is 0. The molecular formula is C48H26N4O2. The Hall–Kier alpha value is -7.62. The predicted octanol–water partition coefficient (Wildman–Crippen LogP) is 12.6. The van der Waals surface area contributed by atoms with E-state index in [1.54, 1.807) is 0 Å². The van der Waals surface area contributed by atoms with E-state index in [1.165, 1.54) is 0 Å². The first-order valence-corrected chi connectivity index (χ1v) is 17.9. The Kier molecular flexibility index (Phi) is 5.75. The highest BCUT2D eigenvalue weighted by atomic mass is 16.3. The van der Waals surface area contributed by atoms with Gasteiger partial charge in [0.25, 0.3) is 0 Å². The van der Waals surface area contributed by atoms with Gasteiger partial charge < -0.3 is 18.0 Å². The van der Waals surface area contributed by atoms with Gasteiger partial charge in [0, 0.05) is 37.9 Å². The normalized spacial score (nSPS) is 12.1. The summed E-state index contributed by atoms with van der Waals surface area (Å²) in [5.41, 5.74) is 11.9. The largest absolute Gasteiger partial charge is 0.455 e. The molecule has 12 rings (SSSR count). The van der Waals surface area contributed by atoms with Crippen LogP contribution in [0.5, 0.6) is 0 Å². The lowest BCUT2D eigenvalue weighted by Gasteiger charge is -2.19. The summed E-state index contributed by atoms with van der Waals surface area (Å²) in [5.74, 6) is 0. The molecule has 54 heavy (non-hydrogen) atoms. The SMILES string of the molecule is N#Cc1ccc(-c2c(-n3c4ccccc4c4c5oc6ccccc6c5ccc43)cncc2-n2c3ccccc3c3c4oc5ccccc5c4ccc32)cc1. The molecule has 5 heterocycles. The number of benzene rings is 7. The van der Waals surface area contributed by atoms with Crippen molar-refractivity contribution in [3.05, 3.63) is 164 Å². The molecule has 0 saturated heterocycles. The minimum Gasteiger partial charge on any atom is -0.455 e. The molecule has 6 nitrogen and oxygen atoms in total. The molecule has 7 aromatic carbocycles. The van der Waals surface area contributed by atoms with Crippen LogP contribution in [0.25, 0.3) is 110 Å². The first-order chi connectivity index (χ1) is 26.8. The first kappa shape index (κ1) is 29.0. The van der Waals surface area contributed by atoms with Crippen LogP contribution in [0.4, 0.5) is 0 Å². The summed E-state index contributed by atoms with van der Waals surface area (Å²) in [6.45, 7) is 0. The molecule has 5 aromatic heterocycles. The van der Waals surface area contributed by atoms with Gasteiger partial charge in [-0.2, -0.15) is 5.26 Å². The van der Waals surface area contributed by atoms with Crippen molar-refractivity contribution < 1.29 is 8.83 Å². The average molecular weight is 691 g/mol. The Bertz CT molecular complexity index is 3370. The van der Waals surface area contributed by atoms with Crippen LogP contribution in [0.3, 0.4) is 0 Å². The highest BCUT2D eigenvalue weighted by Gasteiger charge is 2.25. The van der Waals surface area contributed by atoms with Gasteiger partial charge in [0.1, 0.15) is 22.3 Å². The molecule has 6 heteroatoms. The summed E-state index contributed by atoms with van der Waals surface area (Å²) in [4.78, 5) is 5.00. The van der Waals surface area contributed by atoms with E-state index in [4.69, 9.17) is 13.8 Å². The zero-order valence-corrected chi connectivity index (χ0v) is 28.6. The van der Waals surface area contributed by atoms with Gasteiger partial charge in [-0.05, 0) is 66.2 Å². The number of para-hydroxylation sites is 4. The standard InChI is InChI=1S/C48H26N4O2/c49-25-28-17-19-29(20-18-28)44-40(51-36-13-5-1-11-34(36)45-38(51)23-21-32-30-9-3-7-15-42(30)53-47(32)45)26-50-27-41(44)52-37-14-6-2-12-35(37)46-39(52)24-22-33-31-10-4-8-16-43(31)54-48(33)46/h1-24,26-27H. The minimum absolute atomic E-state index is 0.601. The zero-order chi connectivity index (χ0) is 35.5. The topological polar surface area (TPSA) is 72.8 Å². The van der Waals surface area contributed by atoms with Crippen molar-refractivity contribution in [2.45, 2.75) is 0 Å².